The van der Waals surface area contributed by atoms with Crippen LogP contribution in [-0.2, 0) is 0 Å². The molecule has 0 heterocycles. The highest BCUT2D eigenvalue weighted by Crippen LogP contribution is 2.35. The van der Waals surface area contributed by atoms with E-state index in [1.807, 2.05) is 0 Å². The number of rotatable bonds is 4. The molecule has 0 fully saturated rings. The van der Waals surface area contributed by atoms with Crippen LogP contribution in [0.2, 0.25) is 0 Å². The van der Waals surface area contributed by atoms with E-state index in [9.17, 15) is 8.78 Å². The van der Waals surface area contributed by atoms with Crippen LogP contribution in [0.1, 0.15) is 5.56 Å². The highest BCUT2D eigenvalue weighted by Gasteiger charge is 2.16. The van der Waals surface area contributed by atoms with Gasteiger partial charge in [-0.3, -0.25) is 5.41 Å². The molecule has 0 aliphatic carbocycles. The SMILES string of the molecule is COc1ccc(Oc2c(F)cc(C(=N)N)cc2F)c(Br)c1. The van der Waals surface area contributed by atoms with Gasteiger partial charge in [0.1, 0.15) is 17.3 Å². The zero-order valence-electron chi connectivity index (χ0n) is 10.9. The summed E-state index contributed by atoms with van der Waals surface area (Å²) >= 11 is 3.23. The molecule has 0 saturated heterocycles. The van der Waals surface area contributed by atoms with Crippen LogP contribution in [0.3, 0.4) is 0 Å². The average Bonchev–Trinajstić information content (AvgIpc) is 2.43. The molecule has 4 nitrogen and oxygen atoms in total. The molecule has 0 spiro atoms. The number of hydrogen-bond donors (Lipinski definition) is 2. The van der Waals surface area contributed by atoms with Crippen LogP contribution >= 0.6 is 15.9 Å². The van der Waals surface area contributed by atoms with Gasteiger partial charge in [0.05, 0.1) is 11.6 Å². The van der Waals surface area contributed by atoms with E-state index in [0.717, 1.165) is 12.1 Å². The van der Waals surface area contributed by atoms with Crippen LogP contribution in [0.15, 0.2) is 34.8 Å². The van der Waals surface area contributed by atoms with Gasteiger partial charge in [-0.05, 0) is 46.3 Å². The predicted octanol–water partition coefficient (Wildman–Crippen LogP) is 3.81. The monoisotopic (exact) mass is 356 g/mol. The third-order valence-corrected chi connectivity index (χ3v) is 3.28. The average molecular weight is 357 g/mol. The minimum absolute atomic E-state index is 0.0499. The third-order valence-electron chi connectivity index (χ3n) is 2.66. The Morgan fingerprint density at radius 1 is 1.19 bits per heavy atom. The molecule has 110 valence electrons. The summed E-state index contributed by atoms with van der Waals surface area (Å²) in [4.78, 5) is 0. The van der Waals surface area contributed by atoms with Crippen LogP contribution < -0.4 is 15.2 Å². The molecule has 0 unspecified atom stereocenters. The van der Waals surface area contributed by atoms with E-state index in [-0.39, 0.29) is 11.3 Å². The number of amidine groups is 1. The molecule has 7 heteroatoms. The Morgan fingerprint density at radius 3 is 2.29 bits per heavy atom. The lowest BCUT2D eigenvalue weighted by Gasteiger charge is -2.11. The summed E-state index contributed by atoms with van der Waals surface area (Å²) in [6.07, 6.45) is 0. The van der Waals surface area contributed by atoms with Gasteiger partial charge in [0.25, 0.3) is 0 Å². The Bertz CT molecular complexity index is 684. The van der Waals surface area contributed by atoms with E-state index in [1.165, 1.54) is 13.2 Å². The summed E-state index contributed by atoms with van der Waals surface area (Å²) in [6, 6.07) is 6.60. The van der Waals surface area contributed by atoms with E-state index in [4.69, 9.17) is 20.6 Å². The van der Waals surface area contributed by atoms with Crippen molar-refractivity contribution in [1.82, 2.24) is 0 Å². The Balaban J connectivity index is 2.38. The summed E-state index contributed by atoms with van der Waals surface area (Å²) in [5.74, 6) is -2.08. The van der Waals surface area contributed by atoms with Crippen molar-refractivity contribution in [1.29, 1.82) is 5.41 Å². The summed E-state index contributed by atoms with van der Waals surface area (Å²) in [5, 5.41) is 7.18. The molecule has 2 aromatic rings. The zero-order valence-corrected chi connectivity index (χ0v) is 12.5. The minimum atomic E-state index is -0.942. The highest BCUT2D eigenvalue weighted by atomic mass is 79.9. The molecular weight excluding hydrogens is 346 g/mol. The summed E-state index contributed by atoms with van der Waals surface area (Å²) in [6.45, 7) is 0. The number of methoxy groups -OCH3 is 1. The molecule has 0 radical (unpaired) electrons. The first-order valence-electron chi connectivity index (χ1n) is 5.77. The van der Waals surface area contributed by atoms with Crippen molar-refractivity contribution in [3.8, 4) is 17.2 Å². The van der Waals surface area contributed by atoms with Crippen molar-refractivity contribution in [3.05, 3.63) is 52.0 Å². The standard InChI is InChI=1S/C14H11BrF2N2O2/c1-20-8-2-3-12(9(15)6-8)21-13-10(16)4-7(14(18)19)5-11(13)17/h2-6H,1H3,(H3,18,19). The van der Waals surface area contributed by atoms with Crippen molar-refractivity contribution in [2.24, 2.45) is 5.73 Å². The fourth-order valence-corrected chi connectivity index (χ4v) is 2.05. The summed E-state index contributed by atoms with van der Waals surface area (Å²) in [5.41, 5.74) is 5.15. The van der Waals surface area contributed by atoms with Gasteiger partial charge in [-0.15, -0.1) is 0 Å². The van der Waals surface area contributed by atoms with Gasteiger partial charge in [-0.25, -0.2) is 8.78 Å². The van der Waals surface area contributed by atoms with Gasteiger partial charge < -0.3 is 15.2 Å². The van der Waals surface area contributed by atoms with Crippen molar-refractivity contribution < 1.29 is 18.3 Å². The van der Waals surface area contributed by atoms with Gasteiger partial charge in [0.15, 0.2) is 17.4 Å². The molecule has 2 rings (SSSR count). The number of nitrogens with one attached hydrogen (secondary N) is 1. The molecule has 21 heavy (non-hydrogen) atoms. The van der Waals surface area contributed by atoms with E-state index in [0.29, 0.717) is 10.2 Å². The van der Waals surface area contributed by atoms with Crippen LogP contribution in [0.4, 0.5) is 8.78 Å². The molecule has 0 aliphatic heterocycles. The van der Waals surface area contributed by atoms with Gasteiger partial charge >= 0.3 is 0 Å². The zero-order chi connectivity index (χ0) is 15.6. The lowest BCUT2D eigenvalue weighted by molar-refractivity contribution is 0.399. The molecule has 0 amide bonds. The molecule has 2 aromatic carbocycles. The van der Waals surface area contributed by atoms with Gasteiger partial charge in [0, 0.05) is 5.56 Å². The number of hydrogen-bond acceptors (Lipinski definition) is 3. The fourth-order valence-electron chi connectivity index (χ4n) is 1.61. The number of halogens is 3. The van der Waals surface area contributed by atoms with Crippen LogP contribution in [0.5, 0.6) is 17.2 Å². The second kappa shape index (κ2) is 6.09. The number of ether oxygens (including phenoxy) is 2. The normalized spacial score (nSPS) is 10.3. The molecule has 0 aliphatic rings. The van der Waals surface area contributed by atoms with Crippen LogP contribution in [0.25, 0.3) is 0 Å². The first kappa shape index (κ1) is 15.2. The van der Waals surface area contributed by atoms with Crippen molar-refractivity contribution in [2.75, 3.05) is 7.11 Å². The fraction of sp³-hybridized carbons (Fsp3) is 0.0714. The number of benzene rings is 2. The van der Waals surface area contributed by atoms with Gasteiger partial charge in [0.2, 0.25) is 0 Å². The Labute approximate surface area is 128 Å². The number of nitrogens with two attached hydrogens (primary N) is 1. The lowest BCUT2D eigenvalue weighted by Crippen LogP contribution is -2.12. The highest BCUT2D eigenvalue weighted by molar-refractivity contribution is 9.10. The van der Waals surface area contributed by atoms with Crippen molar-refractivity contribution in [3.63, 3.8) is 0 Å². The Kier molecular flexibility index (Phi) is 4.42. The molecule has 3 N–H and O–H groups in total. The topological polar surface area (TPSA) is 68.3 Å². The maximum Gasteiger partial charge on any atom is 0.198 e. The molecule has 0 bridgehead atoms. The van der Waals surface area contributed by atoms with Crippen LogP contribution in [-0.4, -0.2) is 12.9 Å². The second-order valence-corrected chi connectivity index (χ2v) is 4.94. The maximum atomic E-state index is 13.9. The van der Waals surface area contributed by atoms with Gasteiger partial charge in [-0.2, -0.15) is 0 Å². The van der Waals surface area contributed by atoms with E-state index in [1.54, 1.807) is 12.1 Å². The van der Waals surface area contributed by atoms with E-state index in [2.05, 4.69) is 15.9 Å². The minimum Gasteiger partial charge on any atom is -0.497 e. The van der Waals surface area contributed by atoms with E-state index < -0.39 is 23.2 Å². The predicted molar refractivity (Wildman–Crippen MR) is 78.1 cm³/mol. The Hall–Kier alpha value is -2.15. The van der Waals surface area contributed by atoms with Gasteiger partial charge in [-0.1, -0.05) is 0 Å². The summed E-state index contributed by atoms with van der Waals surface area (Å²) in [7, 11) is 1.50. The number of nitrogen functional groups attached to an aromatic ring is 1. The van der Waals surface area contributed by atoms with Crippen LogP contribution in [0, 0.1) is 17.0 Å². The largest absolute Gasteiger partial charge is 0.497 e. The quantitative estimate of drug-likeness (QED) is 0.646. The van der Waals surface area contributed by atoms with Crippen molar-refractivity contribution >= 4 is 21.8 Å². The molecule has 0 aromatic heterocycles. The molecular formula is C14H11BrF2N2O2. The first-order valence-corrected chi connectivity index (χ1v) is 6.56. The van der Waals surface area contributed by atoms with Crippen molar-refractivity contribution in [2.45, 2.75) is 0 Å². The smallest absolute Gasteiger partial charge is 0.198 e. The molecule has 0 atom stereocenters. The first-order chi connectivity index (χ1) is 9.92. The van der Waals surface area contributed by atoms with E-state index >= 15 is 0 Å². The molecule has 0 saturated carbocycles. The second-order valence-electron chi connectivity index (χ2n) is 4.08. The Morgan fingerprint density at radius 2 is 1.81 bits per heavy atom. The summed E-state index contributed by atoms with van der Waals surface area (Å²) < 4.78 is 38.5. The lowest BCUT2D eigenvalue weighted by atomic mass is 10.2. The maximum absolute atomic E-state index is 13.9. The third kappa shape index (κ3) is 3.30.